The van der Waals surface area contributed by atoms with E-state index in [1.54, 1.807) is 4.68 Å². The molecule has 0 bridgehead atoms. The first-order valence-electron chi connectivity index (χ1n) is 7.67. The van der Waals surface area contributed by atoms with Crippen molar-refractivity contribution in [2.45, 2.75) is 45.1 Å². The number of hydrogen-bond acceptors (Lipinski definition) is 2. The van der Waals surface area contributed by atoms with Gasteiger partial charge in [0.1, 0.15) is 11.6 Å². The Morgan fingerprint density at radius 1 is 1.43 bits per heavy atom. The Hall–Kier alpha value is -2.24. The fourth-order valence-electron chi connectivity index (χ4n) is 3.46. The van der Waals surface area contributed by atoms with E-state index in [9.17, 15) is 13.6 Å². The Bertz CT molecular complexity index is 755. The predicted octanol–water partition coefficient (Wildman–Crippen LogP) is 3.41. The molecule has 122 valence electrons. The van der Waals surface area contributed by atoms with E-state index in [1.165, 1.54) is 12.1 Å². The maximum atomic E-state index is 13.9. The molecular formula is C17H18F2N2O2. The fourth-order valence-corrected chi connectivity index (χ4v) is 3.46. The van der Waals surface area contributed by atoms with Gasteiger partial charge in [0, 0.05) is 17.3 Å². The third kappa shape index (κ3) is 3.11. The largest absolute Gasteiger partial charge is 0.481 e. The summed E-state index contributed by atoms with van der Waals surface area (Å²) in [6.07, 6.45) is 2.61. The van der Waals surface area contributed by atoms with Crippen LogP contribution in [0.4, 0.5) is 8.78 Å². The van der Waals surface area contributed by atoms with Crippen molar-refractivity contribution in [3.8, 4) is 0 Å². The van der Waals surface area contributed by atoms with E-state index in [0.29, 0.717) is 5.56 Å². The Morgan fingerprint density at radius 2 is 2.22 bits per heavy atom. The normalized spacial score (nSPS) is 17.1. The molecule has 1 aromatic carbocycles. The van der Waals surface area contributed by atoms with Crippen LogP contribution in [0.25, 0.3) is 0 Å². The number of nitrogens with zero attached hydrogens (tertiary/aromatic N) is 2. The van der Waals surface area contributed by atoms with Crippen molar-refractivity contribution < 1.29 is 18.7 Å². The molecule has 1 unspecified atom stereocenters. The lowest BCUT2D eigenvalue weighted by Gasteiger charge is -2.22. The van der Waals surface area contributed by atoms with Crippen molar-refractivity contribution in [2.24, 2.45) is 0 Å². The number of fused-ring (bicyclic) bond motifs is 1. The molecule has 23 heavy (non-hydrogen) atoms. The second kappa shape index (κ2) is 6.10. The highest BCUT2D eigenvalue weighted by molar-refractivity contribution is 5.68. The van der Waals surface area contributed by atoms with Gasteiger partial charge < -0.3 is 5.11 Å². The van der Waals surface area contributed by atoms with Gasteiger partial charge in [0.15, 0.2) is 0 Å². The second-order valence-electron chi connectivity index (χ2n) is 6.03. The first-order valence-corrected chi connectivity index (χ1v) is 7.67. The van der Waals surface area contributed by atoms with Gasteiger partial charge in [-0.05, 0) is 43.7 Å². The van der Waals surface area contributed by atoms with Crippen molar-refractivity contribution in [1.82, 2.24) is 9.78 Å². The molecular weight excluding hydrogens is 302 g/mol. The highest BCUT2D eigenvalue weighted by atomic mass is 19.1. The quantitative estimate of drug-likeness (QED) is 0.939. The Balaban J connectivity index is 1.94. The van der Waals surface area contributed by atoms with Crippen molar-refractivity contribution >= 4 is 5.97 Å². The average molecular weight is 320 g/mol. The van der Waals surface area contributed by atoms with E-state index in [1.807, 2.05) is 6.92 Å². The zero-order valence-corrected chi connectivity index (χ0v) is 12.9. The Morgan fingerprint density at radius 3 is 2.91 bits per heavy atom. The van der Waals surface area contributed by atoms with Crippen molar-refractivity contribution in [3.05, 3.63) is 52.3 Å². The molecule has 0 amide bonds. The van der Waals surface area contributed by atoms with E-state index >= 15 is 0 Å². The van der Waals surface area contributed by atoms with Crippen LogP contribution in [0.2, 0.25) is 0 Å². The van der Waals surface area contributed by atoms with Crippen LogP contribution in [0, 0.1) is 18.6 Å². The van der Waals surface area contributed by atoms with E-state index in [-0.39, 0.29) is 18.9 Å². The van der Waals surface area contributed by atoms with Crippen LogP contribution in [-0.2, 0) is 17.8 Å². The highest BCUT2D eigenvalue weighted by Crippen LogP contribution is 2.36. The third-order valence-corrected chi connectivity index (χ3v) is 4.41. The Labute approximate surface area is 132 Å². The van der Waals surface area contributed by atoms with Crippen molar-refractivity contribution in [2.75, 3.05) is 0 Å². The smallest absolute Gasteiger partial charge is 0.303 e. The molecule has 1 aliphatic rings. The number of aromatic nitrogens is 2. The molecule has 3 rings (SSSR count). The van der Waals surface area contributed by atoms with E-state index < -0.39 is 17.6 Å². The molecule has 0 saturated heterocycles. The zero-order valence-electron chi connectivity index (χ0n) is 12.9. The minimum Gasteiger partial charge on any atom is -0.481 e. The highest BCUT2D eigenvalue weighted by Gasteiger charge is 2.28. The van der Waals surface area contributed by atoms with E-state index in [0.717, 1.165) is 42.3 Å². The van der Waals surface area contributed by atoms with Crippen molar-refractivity contribution in [3.63, 3.8) is 0 Å². The number of aliphatic carboxylic acids is 1. The molecule has 1 aromatic heterocycles. The van der Waals surface area contributed by atoms with Gasteiger partial charge in [0.2, 0.25) is 0 Å². The summed E-state index contributed by atoms with van der Waals surface area (Å²) in [6, 6.07) is 3.52. The van der Waals surface area contributed by atoms with Gasteiger partial charge in [0.05, 0.1) is 18.7 Å². The Kier molecular flexibility index (Phi) is 4.15. The van der Waals surface area contributed by atoms with Gasteiger partial charge in [0.25, 0.3) is 0 Å². The molecule has 0 aliphatic heterocycles. The standard InChI is InChI=1S/C17H18F2N2O2/c1-10-17-11(7-16(22)23)3-2-4-15(17)21(20-10)9-12-5-6-13(18)8-14(12)19/h5-6,8,11H,2-4,7,9H2,1H3,(H,22,23). The number of carbonyl (C=O) groups is 1. The molecule has 0 spiro atoms. The molecule has 0 fully saturated rings. The lowest BCUT2D eigenvalue weighted by molar-refractivity contribution is -0.137. The maximum Gasteiger partial charge on any atom is 0.303 e. The molecule has 2 aromatic rings. The number of carboxylic acid groups (broad SMARTS) is 1. The van der Waals surface area contributed by atoms with Crippen molar-refractivity contribution in [1.29, 1.82) is 0 Å². The fraction of sp³-hybridized carbons (Fsp3) is 0.412. The number of halogens is 2. The van der Waals surface area contributed by atoms with Crippen LogP contribution in [0.5, 0.6) is 0 Å². The summed E-state index contributed by atoms with van der Waals surface area (Å²) in [4.78, 5) is 11.1. The first kappa shape index (κ1) is 15.6. The number of carboxylic acids is 1. The second-order valence-corrected chi connectivity index (χ2v) is 6.03. The number of benzene rings is 1. The van der Waals surface area contributed by atoms with Gasteiger partial charge in [-0.15, -0.1) is 0 Å². The van der Waals surface area contributed by atoms with Gasteiger partial charge in [-0.1, -0.05) is 6.07 Å². The molecule has 4 nitrogen and oxygen atoms in total. The minimum atomic E-state index is -0.820. The molecule has 6 heteroatoms. The number of hydrogen-bond donors (Lipinski definition) is 1. The summed E-state index contributed by atoms with van der Waals surface area (Å²) in [5, 5.41) is 13.5. The van der Waals surface area contributed by atoms with Crippen LogP contribution in [0.3, 0.4) is 0 Å². The summed E-state index contributed by atoms with van der Waals surface area (Å²) in [5.74, 6) is -2.06. The molecule has 1 aliphatic carbocycles. The molecule has 1 atom stereocenters. The summed E-state index contributed by atoms with van der Waals surface area (Å²) in [5.41, 5.74) is 3.13. The predicted molar refractivity (Wildman–Crippen MR) is 80.4 cm³/mol. The lowest BCUT2D eigenvalue weighted by atomic mass is 9.83. The van der Waals surface area contributed by atoms with Crippen LogP contribution in [-0.4, -0.2) is 20.9 Å². The summed E-state index contributed by atoms with van der Waals surface area (Å²) in [6.45, 7) is 2.08. The summed E-state index contributed by atoms with van der Waals surface area (Å²) >= 11 is 0. The summed E-state index contributed by atoms with van der Waals surface area (Å²) < 4.78 is 28.6. The van der Waals surface area contributed by atoms with E-state index in [2.05, 4.69) is 5.10 Å². The number of aryl methyl sites for hydroxylation is 1. The van der Waals surface area contributed by atoms with Gasteiger partial charge in [-0.25, -0.2) is 8.78 Å². The molecule has 1 N–H and O–H groups in total. The average Bonchev–Trinajstić information content (AvgIpc) is 2.79. The monoisotopic (exact) mass is 320 g/mol. The number of rotatable bonds is 4. The first-order chi connectivity index (χ1) is 11.0. The van der Waals surface area contributed by atoms with Crippen LogP contribution < -0.4 is 0 Å². The third-order valence-electron chi connectivity index (χ3n) is 4.41. The van der Waals surface area contributed by atoms with Crippen LogP contribution in [0.15, 0.2) is 18.2 Å². The zero-order chi connectivity index (χ0) is 16.6. The minimum absolute atomic E-state index is 0.0388. The topological polar surface area (TPSA) is 55.1 Å². The maximum absolute atomic E-state index is 13.9. The van der Waals surface area contributed by atoms with Crippen LogP contribution in [0.1, 0.15) is 47.7 Å². The van der Waals surface area contributed by atoms with E-state index in [4.69, 9.17) is 5.11 Å². The SMILES string of the molecule is Cc1nn(Cc2ccc(F)cc2F)c2c1C(CC(=O)O)CCC2. The molecule has 0 radical (unpaired) electrons. The summed E-state index contributed by atoms with van der Waals surface area (Å²) in [7, 11) is 0. The molecule has 0 saturated carbocycles. The van der Waals surface area contributed by atoms with Gasteiger partial charge >= 0.3 is 5.97 Å². The molecule has 1 heterocycles. The van der Waals surface area contributed by atoms with Gasteiger partial charge in [-0.2, -0.15) is 5.10 Å². The van der Waals surface area contributed by atoms with Gasteiger partial charge in [-0.3, -0.25) is 9.48 Å². The van der Waals surface area contributed by atoms with Crippen LogP contribution >= 0.6 is 0 Å². The lowest BCUT2D eigenvalue weighted by Crippen LogP contribution is -2.16.